The number of halogens is 2. The molecule has 7 rings (SSSR count). The van der Waals surface area contributed by atoms with Crippen LogP contribution < -0.4 is 15.0 Å². The summed E-state index contributed by atoms with van der Waals surface area (Å²) in [6.07, 6.45) is 0. The van der Waals surface area contributed by atoms with Crippen LogP contribution >= 0.6 is 23.2 Å². The van der Waals surface area contributed by atoms with Crippen molar-refractivity contribution in [2.45, 2.75) is 13.0 Å². The molecule has 0 amide bonds. The summed E-state index contributed by atoms with van der Waals surface area (Å²) < 4.78 is 7.79. The van der Waals surface area contributed by atoms with Crippen LogP contribution in [0.15, 0.2) is 107 Å². The van der Waals surface area contributed by atoms with Crippen molar-refractivity contribution in [2.75, 3.05) is 17.3 Å². The third kappa shape index (κ3) is 4.25. The summed E-state index contributed by atoms with van der Waals surface area (Å²) >= 11 is 12.6. The first-order valence-corrected chi connectivity index (χ1v) is 13.8. The molecule has 1 aromatic heterocycles. The van der Waals surface area contributed by atoms with Crippen molar-refractivity contribution in [3.63, 3.8) is 0 Å². The smallest absolute Gasteiger partial charge is 0.179 e. The topological polar surface area (TPSA) is 67.0 Å². The molecule has 0 saturated heterocycles. The molecular formula is C32H24Cl2N6O. The second-order valence-electron chi connectivity index (χ2n) is 9.72. The van der Waals surface area contributed by atoms with Crippen LogP contribution in [0, 0.1) is 6.92 Å². The molecule has 1 N–H and O–H groups in total. The Kier molecular flexibility index (Phi) is 6.26. The molecule has 2 aliphatic heterocycles. The van der Waals surface area contributed by atoms with E-state index in [0.717, 1.165) is 51.1 Å². The Balaban J connectivity index is 1.51. The van der Waals surface area contributed by atoms with Gasteiger partial charge in [0.1, 0.15) is 5.75 Å². The molecule has 3 heterocycles. The number of amidine groups is 2. The SMILES string of the molecule is COc1ccccc1[C@@H]1c2c(C)nn(-c3ccccc3)c2N=C2C(Nc3ccc(Cl)c(Cl)c3)=Nc3ccccc3N21. The number of aryl methyl sites for hydroxylation is 1. The first-order chi connectivity index (χ1) is 20.0. The molecule has 2 aliphatic rings. The number of para-hydroxylation sites is 4. The molecule has 7 nitrogen and oxygen atoms in total. The van der Waals surface area contributed by atoms with E-state index >= 15 is 0 Å². The van der Waals surface area contributed by atoms with Crippen LogP contribution in [0.4, 0.5) is 22.9 Å². The van der Waals surface area contributed by atoms with Gasteiger partial charge in [-0.15, -0.1) is 0 Å². The number of methoxy groups -OCH3 is 1. The minimum atomic E-state index is -0.298. The molecule has 9 heteroatoms. The standard InChI is InChI=1S/C32H24Cl2N6O/c1-19-28-29(22-12-6-9-15-27(22)41-2)39-26-14-8-7-13-25(26)36-30(35-20-16-17-23(33)24(34)18-20)32(39)37-31(28)40(38-19)21-10-4-3-5-11-21/h3-18,29H,1-2H3,(H,35,36)/t29-/m1/s1. The molecule has 41 heavy (non-hydrogen) atoms. The Labute approximate surface area is 247 Å². The van der Waals surface area contributed by atoms with Gasteiger partial charge in [-0.1, -0.05) is 71.7 Å². The first kappa shape index (κ1) is 25.4. The van der Waals surface area contributed by atoms with E-state index in [1.807, 2.05) is 84.4 Å². The summed E-state index contributed by atoms with van der Waals surface area (Å²) in [7, 11) is 1.70. The summed E-state index contributed by atoms with van der Waals surface area (Å²) in [6, 6.07) is 31.3. The average Bonchev–Trinajstić information content (AvgIpc) is 3.34. The molecule has 0 bridgehead atoms. The highest BCUT2D eigenvalue weighted by atomic mass is 35.5. The summed E-state index contributed by atoms with van der Waals surface area (Å²) in [5.74, 6) is 2.73. The molecule has 0 spiro atoms. The lowest BCUT2D eigenvalue weighted by Crippen LogP contribution is -2.46. The number of hydrogen-bond donors (Lipinski definition) is 1. The number of anilines is 2. The predicted octanol–water partition coefficient (Wildman–Crippen LogP) is 8.29. The van der Waals surface area contributed by atoms with Crippen LogP contribution in [0.1, 0.15) is 22.9 Å². The van der Waals surface area contributed by atoms with Crippen molar-refractivity contribution >= 4 is 57.8 Å². The Morgan fingerprint density at radius 2 is 1.59 bits per heavy atom. The zero-order chi connectivity index (χ0) is 28.1. The monoisotopic (exact) mass is 578 g/mol. The van der Waals surface area contributed by atoms with E-state index in [1.165, 1.54) is 0 Å². The maximum absolute atomic E-state index is 6.37. The Morgan fingerprint density at radius 1 is 0.829 bits per heavy atom. The Hall–Kier alpha value is -4.59. The number of hydrogen-bond acceptors (Lipinski definition) is 6. The number of rotatable bonds is 4. The van der Waals surface area contributed by atoms with Gasteiger partial charge < -0.3 is 15.0 Å². The number of nitrogens with zero attached hydrogens (tertiary/aromatic N) is 5. The van der Waals surface area contributed by atoms with Gasteiger partial charge in [0.2, 0.25) is 0 Å². The van der Waals surface area contributed by atoms with E-state index < -0.39 is 0 Å². The normalized spacial score (nSPS) is 15.3. The number of aliphatic imine (C=N–C) groups is 2. The maximum Gasteiger partial charge on any atom is 0.179 e. The van der Waals surface area contributed by atoms with Crippen molar-refractivity contribution in [3.8, 4) is 11.4 Å². The highest BCUT2D eigenvalue weighted by Gasteiger charge is 2.42. The van der Waals surface area contributed by atoms with E-state index in [1.54, 1.807) is 19.2 Å². The lowest BCUT2D eigenvalue weighted by molar-refractivity contribution is 0.407. The van der Waals surface area contributed by atoms with Gasteiger partial charge in [-0.2, -0.15) is 5.10 Å². The molecule has 0 radical (unpaired) electrons. The van der Waals surface area contributed by atoms with Crippen molar-refractivity contribution in [1.29, 1.82) is 0 Å². The second-order valence-corrected chi connectivity index (χ2v) is 10.5. The number of aromatic nitrogens is 2. The quantitative estimate of drug-likeness (QED) is 0.233. The minimum absolute atomic E-state index is 0.298. The van der Waals surface area contributed by atoms with E-state index in [-0.39, 0.29) is 6.04 Å². The largest absolute Gasteiger partial charge is 0.496 e. The molecular weight excluding hydrogens is 555 g/mol. The van der Waals surface area contributed by atoms with Gasteiger partial charge in [0.15, 0.2) is 17.5 Å². The second kappa shape index (κ2) is 10.1. The predicted molar refractivity (Wildman–Crippen MR) is 166 cm³/mol. The van der Waals surface area contributed by atoms with E-state index in [0.29, 0.717) is 21.7 Å². The van der Waals surface area contributed by atoms with Crippen LogP contribution in [0.5, 0.6) is 5.75 Å². The first-order valence-electron chi connectivity index (χ1n) is 13.1. The van der Waals surface area contributed by atoms with Crippen LogP contribution in [-0.4, -0.2) is 28.6 Å². The summed E-state index contributed by atoms with van der Waals surface area (Å²) in [5.41, 5.74) is 6.26. The molecule has 4 aromatic carbocycles. The highest BCUT2D eigenvalue weighted by molar-refractivity contribution is 6.52. The fourth-order valence-electron chi connectivity index (χ4n) is 5.44. The number of ether oxygens (including phenoxy) is 1. The van der Waals surface area contributed by atoms with Crippen molar-refractivity contribution in [1.82, 2.24) is 9.78 Å². The van der Waals surface area contributed by atoms with Crippen LogP contribution in [0.2, 0.25) is 10.0 Å². The third-order valence-electron chi connectivity index (χ3n) is 7.25. The minimum Gasteiger partial charge on any atom is -0.496 e. The Morgan fingerprint density at radius 3 is 2.39 bits per heavy atom. The Bertz CT molecular complexity index is 1860. The van der Waals surface area contributed by atoms with Gasteiger partial charge in [-0.25, -0.2) is 14.7 Å². The van der Waals surface area contributed by atoms with Gasteiger partial charge >= 0.3 is 0 Å². The summed E-state index contributed by atoms with van der Waals surface area (Å²) in [6.45, 7) is 2.03. The molecule has 5 aromatic rings. The molecule has 0 unspecified atom stereocenters. The zero-order valence-electron chi connectivity index (χ0n) is 22.2. The number of benzene rings is 4. The van der Waals surface area contributed by atoms with E-state index in [9.17, 15) is 0 Å². The lowest BCUT2D eigenvalue weighted by Gasteiger charge is -2.41. The summed E-state index contributed by atoms with van der Waals surface area (Å²) in [4.78, 5) is 12.5. The molecule has 1 atom stereocenters. The number of fused-ring (bicyclic) bond motifs is 4. The highest BCUT2D eigenvalue weighted by Crippen LogP contribution is 2.49. The van der Waals surface area contributed by atoms with Crippen molar-refractivity contribution in [3.05, 3.63) is 124 Å². The van der Waals surface area contributed by atoms with Gasteiger partial charge in [-0.05, 0) is 55.5 Å². The van der Waals surface area contributed by atoms with E-state index in [4.69, 9.17) is 43.0 Å². The van der Waals surface area contributed by atoms with Crippen LogP contribution in [0.25, 0.3) is 5.69 Å². The van der Waals surface area contributed by atoms with Gasteiger partial charge in [0.25, 0.3) is 0 Å². The molecule has 202 valence electrons. The molecule has 0 aliphatic carbocycles. The van der Waals surface area contributed by atoms with Gasteiger partial charge in [-0.3, -0.25) is 0 Å². The average molecular weight is 579 g/mol. The number of nitrogens with one attached hydrogen (secondary N) is 1. The third-order valence-corrected chi connectivity index (χ3v) is 7.99. The molecule has 0 fully saturated rings. The summed E-state index contributed by atoms with van der Waals surface area (Å²) in [5, 5.41) is 9.37. The fourth-order valence-corrected chi connectivity index (χ4v) is 5.74. The van der Waals surface area contributed by atoms with Crippen molar-refractivity contribution < 1.29 is 4.74 Å². The van der Waals surface area contributed by atoms with Crippen molar-refractivity contribution in [2.24, 2.45) is 9.98 Å². The van der Waals surface area contributed by atoms with E-state index in [2.05, 4.69) is 22.3 Å². The maximum atomic E-state index is 6.37. The molecule has 0 saturated carbocycles. The zero-order valence-corrected chi connectivity index (χ0v) is 23.7. The van der Waals surface area contributed by atoms with Crippen LogP contribution in [-0.2, 0) is 0 Å². The van der Waals surface area contributed by atoms with Crippen LogP contribution in [0.3, 0.4) is 0 Å². The van der Waals surface area contributed by atoms with Gasteiger partial charge in [0, 0.05) is 16.8 Å². The fraction of sp³-hybridized carbons (Fsp3) is 0.0938. The lowest BCUT2D eigenvalue weighted by atomic mass is 9.92. The van der Waals surface area contributed by atoms with Gasteiger partial charge in [0.05, 0.1) is 46.0 Å².